The molecule has 0 spiro atoms. The van der Waals surface area contributed by atoms with E-state index in [1.165, 1.54) is 0 Å². The van der Waals surface area contributed by atoms with Crippen LogP contribution in [0.25, 0.3) is 0 Å². The molecule has 6 heteroatoms. The smallest absolute Gasteiger partial charge is 0.328 e. The summed E-state index contributed by atoms with van der Waals surface area (Å²) in [6.07, 6.45) is 2.34. The Morgan fingerprint density at radius 2 is 2.25 bits per heavy atom. The zero-order valence-corrected chi connectivity index (χ0v) is 9.11. The van der Waals surface area contributed by atoms with E-state index in [9.17, 15) is 9.59 Å². The molecule has 0 bridgehead atoms. The van der Waals surface area contributed by atoms with Gasteiger partial charge in [0.2, 0.25) is 5.91 Å². The fourth-order valence-electron chi connectivity index (χ4n) is 1.80. The molecule has 1 rings (SSSR count). The minimum Gasteiger partial charge on any atom is -0.480 e. The first kappa shape index (κ1) is 12.9. The highest BCUT2D eigenvalue weighted by Gasteiger charge is 2.21. The van der Waals surface area contributed by atoms with E-state index in [1.807, 2.05) is 0 Å². The molecule has 1 aliphatic heterocycles. The number of carbonyl (C=O) groups excluding carboxylic acids is 1. The number of aliphatic carboxylic acids is 1. The van der Waals surface area contributed by atoms with Crippen molar-refractivity contribution in [1.29, 1.82) is 0 Å². The van der Waals surface area contributed by atoms with E-state index in [0.29, 0.717) is 6.42 Å². The first-order chi connectivity index (χ1) is 7.63. The molecule has 6 nitrogen and oxygen atoms in total. The van der Waals surface area contributed by atoms with Crippen LogP contribution in [-0.2, 0) is 9.59 Å². The van der Waals surface area contributed by atoms with E-state index in [4.69, 9.17) is 10.2 Å². The van der Waals surface area contributed by atoms with Crippen molar-refractivity contribution >= 4 is 11.9 Å². The number of amides is 1. The molecule has 1 amide bonds. The van der Waals surface area contributed by atoms with Gasteiger partial charge in [0, 0.05) is 6.42 Å². The lowest BCUT2D eigenvalue weighted by Crippen LogP contribution is -2.44. The van der Waals surface area contributed by atoms with Crippen molar-refractivity contribution in [2.24, 2.45) is 5.92 Å². The highest BCUT2D eigenvalue weighted by atomic mass is 16.4. The molecule has 1 saturated heterocycles. The Bertz CT molecular complexity index is 251. The van der Waals surface area contributed by atoms with E-state index >= 15 is 0 Å². The summed E-state index contributed by atoms with van der Waals surface area (Å²) in [4.78, 5) is 22.0. The van der Waals surface area contributed by atoms with Crippen LogP contribution in [0.15, 0.2) is 0 Å². The Kier molecular flexibility index (Phi) is 5.21. The van der Waals surface area contributed by atoms with E-state index in [2.05, 4.69) is 10.6 Å². The third kappa shape index (κ3) is 4.16. The van der Waals surface area contributed by atoms with Gasteiger partial charge in [-0.15, -0.1) is 0 Å². The number of piperidine rings is 1. The van der Waals surface area contributed by atoms with Crippen LogP contribution in [0.5, 0.6) is 0 Å². The van der Waals surface area contributed by atoms with E-state index < -0.39 is 18.6 Å². The number of carbonyl (C=O) groups is 2. The maximum Gasteiger partial charge on any atom is 0.328 e. The molecule has 1 aliphatic rings. The molecule has 16 heavy (non-hydrogen) atoms. The molecule has 2 unspecified atom stereocenters. The van der Waals surface area contributed by atoms with Gasteiger partial charge in [-0.1, -0.05) is 0 Å². The van der Waals surface area contributed by atoms with Gasteiger partial charge >= 0.3 is 5.97 Å². The molecule has 92 valence electrons. The lowest BCUT2D eigenvalue weighted by atomic mass is 9.96. The summed E-state index contributed by atoms with van der Waals surface area (Å²) < 4.78 is 0. The number of hydrogen-bond acceptors (Lipinski definition) is 4. The summed E-state index contributed by atoms with van der Waals surface area (Å²) in [6.45, 7) is 1.20. The van der Waals surface area contributed by atoms with E-state index in [0.717, 1.165) is 25.9 Å². The molecule has 0 aliphatic carbocycles. The van der Waals surface area contributed by atoms with Crippen LogP contribution in [-0.4, -0.2) is 47.8 Å². The lowest BCUT2D eigenvalue weighted by molar-refractivity contribution is -0.143. The average molecular weight is 230 g/mol. The van der Waals surface area contributed by atoms with Gasteiger partial charge in [-0.05, 0) is 31.8 Å². The van der Waals surface area contributed by atoms with Gasteiger partial charge in [-0.2, -0.15) is 0 Å². The van der Waals surface area contributed by atoms with Crippen molar-refractivity contribution in [2.75, 3.05) is 19.7 Å². The quantitative estimate of drug-likeness (QED) is 0.482. The minimum absolute atomic E-state index is 0.266. The largest absolute Gasteiger partial charge is 0.480 e. The van der Waals surface area contributed by atoms with Crippen molar-refractivity contribution in [3.8, 4) is 0 Å². The predicted molar refractivity (Wildman–Crippen MR) is 56.9 cm³/mol. The molecule has 1 heterocycles. The summed E-state index contributed by atoms with van der Waals surface area (Å²) in [5.41, 5.74) is 0. The first-order valence-corrected chi connectivity index (χ1v) is 5.47. The highest BCUT2D eigenvalue weighted by molar-refractivity contribution is 5.83. The third-order valence-electron chi connectivity index (χ3n) is 2.69. The van der Waals surface area contributed by atoms with Crippen molar-refractivity contribution in [3.05, 3.63) is 0 Å². The Morgan fingerprint density at radius 1 is 1.50 bits per heavy atom. The first-order valence-electron chi connectivity index (χ1n) is 5.47. The van der Waals surface area contributed by atoms with Gasteiger partial charge in [0.15, 0.2) is 0 Å². The number of carboxylic acid groups (broad SMARTS) is 1. The van der Waals surface area contributed by atoms with Crippen LogP contribution in [0, 0.1) is 5.92 Å². The maximum atomic E-state index is 11.5. The number of hydrogen-bond donors (Lipinski definition) is 4. The number of carboxylic acids is 1. The van der Waals surface area contributed by atoms with Crippen LogP contribution in [0.4, 0.5) is 0 Å². The second-order valence-corrected chi connectivity index (χ2v) is 4.06. The van der Waals surface area contributed by atoms with Crippen LogP contribution in [0.2, 0.25) is 0 Å². The molecule has 2 atom stereocenters. The molecular formula is C10H18N2O4. The number of rotatable bonds is 5. The zero-order valence-electron chi connectivity index (χ0n) is 9.11. The molecule has 0 radical (unpaired) electrons. The van der Waals surface area contributed by atoms with Crippen molar-refractivity contribution in [3.63, 3.8) is 0 Å². The number of aliphatic hydroxyl groups excluding tert-OH is 1. The molecule has 0 aromatic heterocycles. The minimum atomic E-state index is -1.21. The predicted octanol–water partition coefficient (Wildman–Crippen LogP) is -1.06. The van der Waals surface area contributed by atoms with Crippen molar-refractivity contribution < 1.29 is 19.8 Å². The monoisotopic (exact) mass is 230 g/mol. The Labute approximate surface area is 94.0 Å². The lowest BCUT2D eigenvalue weighted by Gasteiger charge is -2.22. The Balaban J connectivity index is 2.31. The highest BCUT2D eigenvalue weighted by Crippen LogP contribution is 2.13. The summed E-state index contributed by atoms with van der Waals surface area (Å²) in [6, 6.07) is -1.19. The summed E-state index contributed by atoms with van der Waals surface area (Å²) in [7, 11) is 0. The second-order valence-electron chi connectivity index (χ2n) is 4.06. The van der Waals surface area contributed by atoms with Gasteiger partial charge in [-0.3, -0.25) is 4.79 Å². The summed E-state index contributed by atoms with van der Waals surface area (Å²) in [5, 5.41) is 22.9. The molecular weight excluding hydrogens is 212 g/mol. The van der Waals surface area contributed by atoms with Gasteiger partial charge < -0.3 is 20.8 Å². The van der Waals surface area contributed by atoms with Crippen LogP contribution in [0.1, 0.15) is 19.3 Å². The Hall–Kier alpha value is -1.14. The topological polar surface area (TPSA) is 98.7 Å². The van der Waals surface area contributed by atoms with Crippen LogP contribution in [0.3, 0.4) is 0 Å². The van der Waals surface area contributed by atoms with Gasteiger partial charge in [0.1, 0.15) is 6.04 Å². The molecule has 0 saturated carbocycles. The fourth-order valence-corrected chi connectivity index (χ4v) is 1.80. The van der Waals surface area contributed by atoms with Crippen molar-refractivity contribution in [1.82, 2.24) is 10.6 Å². The zero-order chi connectivity index (χ0) is 12.0. The van der Waals surface area contributed by atoms with Crippen LogP contribution >= 0.6 is 0 Å². The molecule has 4 N–H and O–H groups in total. The van der Waals surface area contributed by atoms with Crippen LogP contribution < -0.4 is 10.6 Å². The maximum absolute atomic E-state index is 11.5. The van der Waals surface area contributed by atoms with E-state index in [1.54, 1.807) is 0 Å². The second kappa shape index (κ2) is 6.44. The molecule has 1 fully saturated rings. The molecule has 0 aromatic carbocycles. The fraction of sp³-hybridized carbons (Fsp3) is 0.800. The standard InChI is InChI=1S/C10H18N2O4/c13-6-8(10(15)16)12-9(14)4-7-2-1-3-11-5-7/h7-8,11,13H,1-6H2,(H,12,14)(H,15,16). The summed E-state index contributed by atoms with van der Waals surface area (Å²) in [5.74, 6) is -1.25. The van der Waals surface area contributed by atoms with Gasteiger partial charge in [0.25, 0.3) is 0 Å². The Morgan fingerprint density at radius 3 is 2.75 bits per heavy atom. The van der Waals surface area contributed by atoms with Gasteiger partial charge in [-0.25, -0.2) is 4.79 Å². The van der Waals surface area contributed by atoms with E-state index in [-0.39, 0.29) is 11.8 Å². The normalized spacial score (nSPS) is 22.4. The van der Waals surface area contributed by atoms with Gasteiger partial charge in [0.05, 0.1) is 6.61 Å². The van der Waals surface area contributed by atoms with Crippen molar-refractivity contribution in [2.45, 2.75) is 25.3 Å². The number of nitrogens with one attached hydrogen (secondary N) is 2. The summed E-state index contributed by atoms with van der Waals surface area (Å²) >= 11 is 0. The molecule has 0 aromatic rings. The SMILES string of the molecule is O=C(CC1CCCNC1)NC(CO)C(=O)O. The average Bonchev–Trinajstić information content (AvgIpc) is 2.27. The number of aliphatic hydroxyl groups is 1. The third-order valence-corrected chi connectivity index (χ3v) is 2.69.